The molecule has 0 aliphatic heterocycles. The summed E-state index contributed by atoms with van der Waals surface area (Å²) in [4.78, 5) is 12.1. The van der Waals surface area contributed by atoms with Crippen molar-refractivity contribution >= 4 is 5.78 Å². The Balaban J connectivity index is 4.08. The maximum atomic E-state index is 12.1. The second-order valence-electron chi connectivity index (χ2n) is 4.36. The minimum atomic E-state index is 0.160. The maximum absolute atomic E-state index is 12.1. The highest BCUT2D eigenvalue weighted by atomic mass is 16.5. The first-order valence-electron chi connectivity index (χ1n) is 6.19. The van der Waals surface area contributed by atoms with E-state index in [9.17, 15) is 4.79 Å². The molecule has 0 heterocycles. The highest BCUT2D eigenvalue weighted by Crippen LogP contribution is 2.20. The smallest absolute Gasteiger partial charge is 0.138 e. The second kappa shape index (κ2) is 8.90. The lowest BCUT2D eigenvalue weighted by molar-refractivity contribution is -0.127. The number of carbonyl (C=O) groups excluding carboxylic acids is 1. The van der Waals surface area contributed by atoms with E-state index in [1.54, 1.807) is 7.11 Å². The predicted molar refractivity (Wildman–Crippen MR) is 64.0 cm³/mol. The maximum Gasteiger partial charge on any atom is 0.138 e. The molecule has 1 atom stereocenters. The standard InChI is InChI=1S/C13H26O2/c1-5-7-12(8-6-2)13(14)11(3)9-10-15-4/h11-12H,5-10H2,1-4H3. The summed E-state index contributed by atoms with van der Waals surface area (Å²) in [6, 6.07) is 0. The molecule has 0 aliphatic rings. The zero-order chi connectivity index (χ0) is 11.7. The molecule has 0 N–H and O–H groups in total. The minimum Gasteiger partial charge on any atom is -0.385 e. The van der Waals surface area contributed by atoms with Gasteiger partial charge in [0, 0.05) is 25.6 Å². The quantitative estimate of drug-likeness (QED) is 0.587. The molecule has 0 aromatic rings. The number of carbonyl (C=O) groups is 1. The van der Waals surface area contributed by atoms with E-state index < -0.39 is 0 Å². The first-order valence-corrected chi connectivity index (χ1v) is 6.19. The van der Waals surface area contributed by atoms with Crippen LogP contribution in [0.3, 0.4) is 0 Å². The largest absolute Gasteiger partial charge is 0.385 e. The summed E-state index contributed by atoms with van der Waals surface area (Å²) in [6.07, 6.45) is 5.16. The monoisotopic (exact) mass is 214 g/mol. The van der Waals surface area contributed by atoms with Gasteiger partial charge in [0.15, 0.2) is 0 Å². The Morgan fingerprint density at radius 1 is 1.13 bits per heavy atom. The van der Waals surface area contributed by atoms with Gasteiger partial charge in [0.1, 0.15) is 5.78 Å². The minimum absolute atomic E-state index is 0.160. The summed E-state index contributed by atoms with van der Waals surface area (Å²) in [5.74, 6) is 0.885. The molecule has 0 bridgehead atoms. The van der Waals surface area contributed by atoms with Crippen LogP contribution in [0.5, 0.6) is 0 Å². The SMILES string of the molecule is CCCC(CCC)C(=O)C(C)CCOC. The van der Waals surface area contributed by atoms with Gasteiger partial charge in [0.2, 0.25) is 0 Å². The van der Waals surface area contributed by atoms with Gasteiger partial charge in [0.05, 0.1) is 0 Å². The van der Waals surface area contributed by atoms with Gasteiger partial charge in [-0.3, -0.25) is 4.79 Å². The van der Waals surface area contributed by atoms with Crippen LogP contribution in [0.4, 0.5) is 0 Å². The Labute approximate surface area is 94.4 Å². The molecule has 0 saturated heterocycles. The van der Waals surface area contributed by atoms with Crippen LogP contribution in [0.25, 0.3) is 0 Å². The van der Waals surface area contributed by atoms with Crippen LogP contribution in [-0.4, -0.2) is 19.5 Å². The summed E-state index contributed by atoms with van der Waals surface area (Å²) in [6.45, 7) is 7.02. The average molecular weight is 214 g/mol. The third-order valence-electron chi connectivity index (χ3n) is 2.92. The number of Topliss-reactive ketones (excluding diaryl/α,β-unsaturated/α-hetero) is 1. The fourth-order valence-corrected chi connectivity index (χ4v) is 1.97. The van der Waals surface area contributed by atoms with E-state index in [2.05, 4.69) is 13.8 Å². The van der Waals surface area contributed by atoms with E-state index in [1.807, 2.05) is 6.92 Å². The second-order valence-corrected chi connectivity index (χ2v) is 4.36. The number of ether oxygens (including phenoxy) is 1. The van der Waals surface area contributed by atoms with Gasteiger partial charge < -0.3 is 4.74 Å². The van der Waals surface area contributed by atoms with Gasteiger partial charge in [-0.25, -0.2) is 0 Å². The van der Waals surface area contributed by atoms with E-state index in [1.165, 1.54) is 0 Å². The first kappa shape index (κ1) is 14.6. The molecule has 0 spiro atoms. The average Bonchev–Trinajstić information content (AvgIpc) is 2.24. The lowest BCUT2D eigenvalue weighted by Crippen LogP contribution is -2.22. The molecular weight excluding hydrogens is 188 g/mol. The molecular formula is C13H26O2. The molecule has 1 unspecified atom stereocenters. The lowest BCUT2D eigenvalue weighted by atomic mass is 9.86. The van der Waals surface area contributed by atoms with Crippen LogP contribution in [0.15, 0.2) is 0 Å². The Kier molecular flexibility index (Phi) is 8.68. The predicted octanol–water partition coefficient (Wildman–Crippen LogP) is 3.44. The number of rotatable bonds is 9. The summed E-state index contributed by atoms with van der Waals surface area (Å²) in [5, 5.41) is 0. The number of hydrogen-bond acceptors (Lipinski definition) is 2. The van der Waals surface area contributed by atoms with Gasteiger partial charge >= 0.3 is 0 Å². The van der Waals surface area contributed by atoms with Gasteiger partial charge in [0.25, 0.3) is 0 Å². The Bertz CT molecular complexity index is 160. The molecule has 0 aromatic heterocycles. The van der Waals surface area contributed by atoms with E-state index in [0.29, 0.717) is 12.4 Å². The Hall–Kier alpha value is -0.370. The van der Waals surface area contributed by atoms with E-state index in [4.69, 9.17) is 4.74 Å². The van der Waals surface area contributed by atoms with E-state index in [-0.39, 0.29) is 11.8 Å². The molecule has 0 fully saturated rings. The topological polar surface area (TPSA) is 26.3 Å². The van der Waals surface area contributed by atoms with Gasteiger partial charge in [-0.1, -0.05) is 33.6 Å². The summed E-state index contributed by atoms with van der Waals surface area (Å²) in [5.41, 5.74) is 0. The molecule has 0 radical (unpaired) electrons. The van der Waals surface area contributed by atoms with Crippen molar-refractivity contribution in [1.82, 2.24) is 0 Å². The highest BCUT2D eigenvalue weighted by Gasteiger charge is 2.21. The van der Waals surface area contributed by atoms with Crippen LogP contribution in [0.2, 0.25) is 0 Å². The third-order valence-corrected chi connectivity index (χ3v) is 2.92. The molecule has 0 aromatic carbocycles. The van der Waals surface area contributed by atoms with Crippen molar-refractivity contribution in [2.24, 2.45) is 11.8 Å². The van der Waals surface area contributed by atoms with Crippen molar-refractivity contribution in [3.8, 4) is 0 Å². The molecule has 2 heteroatoms. The normalized spacial score (nSPS) is 13.1. The molecule has 90 valence electrons. The third kappa shape index (κ3) is 5.93. The van der Waals surface area contributed by atoms with E-state index in [0.717, 1.165) is 32.1 Å². The molecule has 2 nitrogen and oxygen atoms in total. The van der Waals surface area contributed by atoms with Crippen LogP contribution < -0.4 is 0 Å². The van der Waals surface area contributed by atoms with Crippen molar-refractivity contribution in [1.29, 1.82) is 0 Å². The van der Waals surface area contributed by atoms with E-state index >= 15 is 0 Å². The molecule has 0 amide bonds. The highest BCUT2D eigenvalue weighted by molar-refractivity contribution is 5.83. The molecule has 0 saturated carbocycles. The Morgan fingerprint density at radius 3 is 2.07 bits per heavy atom. The number of methoxy groups -OCH3 is 1. The van der Waals surface area contributed by atoms with Crippen LogP contribution >= 0.6 is 0 Å². The van der Waals surface area contributed by atoms with Gasteiger partial charge in [-0.05, 0) is 19.3 Å². The zero-order valence-corrected chi connectivity index (χ0v) is 10.7. The fraction of sp³-hybridized carbons (Fsp3) is 0.923. The number of ketones is 1. The summed E-state index contributed by atoms with van der Waals surface area (Å²) < 4.78 is 5.01. The zero-order valence-electron chi connectivity index (χ0n) is 10.7. The van der Waals surface area contributed by atoms with Crippen molar-refractivity contribution in [3.05, 3.63) is 0 Å². The molecule has 0 aliphatic carbocycles. The first-order chi connectivity index (χ1) is 7.17. The van der Waals surface area contributed by atoms with Crippen LogP contribution in [0, 0.1) is 11.8 Å². The van der Waals surface area contributed by atoms with Gasteiger partial charge in [-0.15, -0.1) is 0 Å². The lowest BCUT2D eigenvalue weighted by Gasteiger charge is -2.18. The van der Waals surface area contributed by atoms with Crippen LogP contribution in [-0.2, 0) is 9.53 Å². The molecule has 15 heavy (non-hydrogen) atoms. The van der Waals surface area contributed by atoms with Crippen molar-refractivity contribution in [2.45, 2.75) is 52.9 Å². The Morgan fingerprint density at radius 2 is 1.67 bits per heavy atom. The summed E-state index contributed by atoms with van der Waals surface area (Å²) >= 11 is 0. The van der Waals surface area contributed by atoms with Crippen LogP contribution in [0.1, 0.15) is 52.9 Å². The van der Waals surface area contributed by atoms with Crippen molar-refractivity contribution in [3.63, 3.8) is 0 Å². The summed E-state index contributed by atoms with van der Waals surface area (Å²) in [7, 11) is 1.69. The van der Waals surface area contributed by atoms with Gasteiger partial charge in [-0.2, -0.15) is 0 Å². The van der Waals surface area contributed by atoms with Crippen molar-refractivity contribution < 1.29 is 9.53 Å². The molecule has 0 rings (SSSR count). The van der Waals surface area contributed by atoms with Crippen molar-refractivity contribution in [2.75, 3.05) is 13.7 Å². The number of hydrogen-bond donors (Lipinski definition) is 0. The fourth-order valence-electron chi connectivity index (χ4n) is 1.97.